The van der Waals surface area contributed by atoms with Crippen molar-refractivity contribution in [2.75, 3.05) is 13.7 Å². The van der Waals surface area contributed by atoms with Crippen LogP contribution in [0, 0.1) is 18.8 Å². The van der Waals surface area contributed by atoms with Crippen molar-refractivity contribution in [1.82, 2.24) is 4.98 Å². The summed E-state index contributed by atoms with van der Waals surface area (Å²) in [6, 6.07) is 6.30. The van der Waals surface area contributed by atoms with Gasteiger partial charge < -0.3 is 19.3 Å². The molecule has 2 aliphatic rings. The lowest BCUT2D eigenvalue weighted by Gasteiger charge is -2.34. The van der Waals surface area contributed by atoms with E-state index in [0.717, 1.165) is 36.4 Å². The molecule has 4 rings (SSSR count). The number of hydrogen-bond donors (Lipinski definition) is 1. The minimum atomic E-state index is -0.994. The highest BCUT2D eigenvalue weighted by Gasteiger charge is 2.48. The number of carbonyl (C=O) groups is 1. The van der Waals surface area contributed by atoms with Crippen molar-refractivity contribution in [2.45, 2.75) is 57.8 Å². The molecule has 30 heavy (non-hydrogen) atoms. The van der Waals surface area contributed by atoms with Crippen LogP contribution in [0.1, 0.15) is 58.9 Å². The molecule has 6 nitrogen and oxygen atoms in total. The zero-order valence-electron chi connectivity index (χ0n) is 17.7. The molecule has 162 valence electrons. The lowest BCUT2D eigenvalue weighted by atomic mass is 9.87. The first kappa shape index (κ1) is 21.3. The van der Waals surface area contributed by atoms with Crippen molar-refractivity contribution >= 4 is 17.3 Å². The zero-order chi connectivity index (χ0) is 21.3. The second kappa shape index (κ2) is 9.04. The molecule has 2 heterocycles. The largest absolute Gasteiger partial charge is 0.493 e. The number of hydrogen-bond acceptors (Lipinski definition) is 6. The van der Waals surface area contributed by atoms with Crippen molar-refractivity contribution in [3.63, 3.8) is 0 Å². The fraction of sp³-hybridized carbons (Fsp3) is 0.565. The van der Waals surface area contributed by atoms with Crippen molar-refractivity contribution in [2.24, 2.45) is 11.8 Å². The number of benzene rings is 1. The summed E-state index contributed by atoms with van der Waals surface area (Å²) < 4.78 is 18.4. The predicted molar refractivity (Wildman–Crippen MR) is 114 cm³/mol. The summed E-state index contributed by atoms with van der Waals surface area (Å²) in [5, 5.41) is 11.5. The summed E-state index contributed by atoms with van der Waals surface area (Å²) in [6.45, 7) is 4.90. The maximum absolute atomic E-state index is 11.1. The first-order chi connectivity index (χ1) is 14.5. The standard InChI is InChI=1S/C23H29NO5S/c1-4-14-9-15(6-5-13(14)2)28-11-17-16-7-8-19(29-21(16)10-20(17)27-3)22-24-18(12-30-22)23(25)26/h5-6,9,12,16-17,19-21H,4,7-8,10-11H2,1-3H3,(H,25,26)/t16-,17-,19-,20+,21+/m1/s1. The maximum Gasteiger partial charge on any atom is 0.355 e. The average Bonchev–Trinajstić information content (AvgIpc) is 3.37. The SMILES string of the molecule is CCc1cc(OC[C@@H]2[C@H]3CC[C@H](c4nc(C(=O)O)cs4)O[C@H]3C[C@@H]2OC)ccc1C. The second-order valence-electron chi connectivity index (χ2n) is 8.21. The van der Waals surface area contributed by atoms with E-state index in [1.807, 2.05) is 6.07 Å². The molecular formula is C23H29NO5S. The molecule has 0 spiro atoms. The molecule has 1 saturated carbocycles. The van der Waals surface area contributed by atoms with E-state index in [4.69, 9.17) is 19.3 Å². The summed E-state index contributed by atoms with van der Waals surface area (Å²) in [7, 11) is 1.76. The molecule has 5 atom stereocenters. The molecular weight excluding hydrogens is 402 g/mol. The van der Waals surface area contributed by atoms with Crippen molar-refractivity contribution in [1.29, 1.82) is 0 Å². The van der Waals surface area contributed by atoms with Gasteiger partial charge in [0.1, 0.15) is 16.9 Å². The Morgan fingerprint density at radius 1 is 1.37 bits per heavy atom. The van der Waals surface area contributed by atoms with Gasteiger partial charge in [0.2, 0.25) is 0 Å². The highest BCUT2D eigenvalue weighted by molar-refractivity contribution is 7.09. The zero-order valence-corrected chi connectivity index (χ0v) is 18.5. The van der Waals surface area contributed by atoms with Gasteiger partial charge in [-0.3, -0.25) is 0 Å². The third-order valence-electron chi connectivity index (χ3n) is 6.53. The molecule has 0 amide bonds. The monoisotopic (exact) mass is 431 g/mol. The highest BCUT2D eigenvalue weighted by atomic mass is 32.1. The van der Waals surface area contributed by atoms with E-state index < -0.39 is 5.97 Å². The molecule has 1 aromatic heterocycles. The van der Waals surface area contributed by atoms with Gasteiger partial charge >= 0.3 is 5.97 Å². The number of thiazole rings is 1. The lowest BCUT2D eigenvalue weighted by Crippen LogP contribution is -2.33. The summed E-state index contributed by atoms with van der Waals surface area (Å²) in [4.78, 5) is 15.4. The topological polar surface area (TPSA) is 77.9 Å². The van der Waals surface area contributed by atoms with E-state index in [1.54, 1.807) is 12.5 Å². The number of aromatic nitrogens is 1. The van der Waals surface area contributed by atoms with Crippen LogP contribution < -0.4 is 4.74 Å². The van der Waals surface area contributed by atoms with Gasteiger partial charge in [0.05, 0.1) is 18.8 Å². The highest BCUT2D eigenvalue weighted by Crippen LogP contribution is 2.47. The number of nitrogens with zero attached hydrogens (tertiary/aromatic N) is 1. The molecule has 1 aliphatic carbocycles. The van der Waals surface area contributed by atoms with Crippen LogP contribution in [-0.4, -0.2) is 42.0 Å². The minimum absolute atomic E-state index is 0.0868. The number of methoxy groups -OCH3 is 1. The van der Waals surface area contributed by atoms with Crippen LogP contribution in [0.25, 0.3) is 0 Å². The van der Waals surface area contributed by atoms with Gasteiger partial charge in [0, 0.05) is 24.8 Å². The van der Waals surface area contributed by atoms with Gasteiger partial charge in [0.15, 0.2) is 5.69 Å². The summed E-state index contributed by atoms with van der Waals surface area (Å²) in [5.74, 6) is 0.569. The van der Waals surface area contributed by atoms with Crippen LogP contribution in [0.4, 0.5) is 0 Å². The Labute approximate surface area is 181 Å². The molecule has 2 aromatic rings. The molecule has 1 saturated heterocycles. The fourth-order valence-corrected chi connectivity index (χ4v) is 5.70. The molecule has 1 aliphatic heterocycles. The number of ether oxygens (including phenoxy) is 3. The van der Waals surface area contributed by atoms with E-state index >= 15 is 0 Å². The maximum atomic E-state index is 11.1. The van der Waals surface area contributed by atoms with Crippen LogP contribution in [0.5, 0.6) is 5.75 Å². The molecule has 1 aromatic carbocycles. The van der Waals surface area contributed by atoms with E-state index in [2.05, 4.69) is 31.0 Å². The van der Waals surface area contributed by atoms with Crippen molar-refractivity contribution < 1.29 is 24.1 Å². The van der Waals surface area contributed by atoms with Crippen molar-refractivity contribution in [3.05, 3.63) is 45.4 Å². The fourth-order valence-electron chi connectivity index (χ4n) is 4.84. The van der Waals surface area contributed by atoms with Crippen LogP contribution in [0.3, 0.4) is 0 Å². The Kier molecular flexibility index (Phi) is 6.41. The number of fused-ring (bicyclic) bond motifs is 1. The van der Waals surface area contributed by atoms with Gasteiger partial charge in [-0.05, 0) is 55.4 Å². The molecule has 0 bridgehead atoms. The van der Waals surface area contributed by atoms with Gasteiger partial charge in [-0.25, -0.2) is 9.78 Å². The van der Waals surface area contributed by atoms with E-state index in [0.29, 0.717) is 12.5 Å². The molecule has 7 heteroatoms. The third-order valence-corrected chi connectivity index (χ3v) is 7.47. The molecule has 2 fully saturated rings. The van der Waals surface area contributed by atoms with Gasteiger partial charge in [-0.2, -0.15) is 0 Å². The van der Waals surface area contributed by atoms with E-state index in [9.17, 15) is 4.79 Å². The van der Waals surface area contributed by atoms with Crippen molar-refractivity contribution in [3.8, 4) is 5.75 Å². The lowest BCUT2D eigenvalue weighted by molar-refractivity contribution is -0.0811. The molecule has 1 N–H and O–H groups in total. The molecule has 0 unspecified atom stereocenters. The van der Waals surface area contributed by atoms with Crippen LogP contribution >= 0.6 is 11.3 Å². The number of rotatable bonds is 7. The van der Waals surface area contributed by atoms with E-state index in [-0.39, 0.29) is 29.9 Å². The summed E-state index contributed by atoms with van der Waals surface area (Å²) >= 11 is 1.37. The normalized spacial score (nSPS) is 28.3. The number of carboxylic acid groups (broad SMARTS) is 1. The minimum Gasteiger partial charge on any atom is -0.493 e. The van der Waals surface area contributed by atoms with Gasteiger partial charge in [-0.15, -0.1) is 11.3 Å². The average molecular weight is 432 g/mol. The van der Waals surface area contributed by atoms with Gasteiger partial charge in [0.25, 0.3) is 0 Å². The van der Waals surface area contributed by atoms with Crippen LogP contribution in [0.15, 0.2) is 23.6 Å². The predicted octanol–water partition coefficient (Wildman–Crippen LogP) is 4.66. The smallest absolute Gasteiger partial charge is 0.355 e. The van der Waals surface area contributed by atoms with Gasteiger partial charge in [-0.1, -0.05) is 13.0 Å². The second-order valence-corrected chi connectivity index (χ2v) is 9.10. The Bertz CT molecular complexity index is 897. The Morgan fingerprint density at radius 2 is 2.20 bits per heavy atom. The Morgan fingerprint density at radius 3 is 2.90 bits per heavy atom. The van der Waals surface area contributed by atoms with Crippen LogP contribution in [0.2, 0.25) is 0 Å². The Balaban J connectivity index is 1.41. The first-order valence-electron chi connectivity index (χ1n) is 10.6. The van der Waals surface area contributed by atoms with E-state index in [1.165, 1.54) is 22.5 Å². The quantitative estimate of drug-likeness (QED) is 0.687. The first-order valence-corrected chi connectivity index (χ1v) is 11.5. The number of carboxylic acids is 1. The summed E-state index contributed by atoms with van der Waals surface area (Å²) in [6.07, 6.45) is 3.71. The Hall–Kier alpha value is -1.96. The van der Waals surface area contributed by atoms with Crippen LogP contribution in [-0.2, 0) is 15.9 Å². The molecule has 0 radical (unpaired) electrons. The summed E-state index contributed by atoms with van der Waals surface area (Å²) in [5.41, 5.74) is 2.70. The third kappa shape index (κ3) is 4.24. The number of aromatic carboxylic acids is 1. The number of aryl methyl sites for hydroxylation is 2.